The summed E-state index contributed by atoms with van der Waals surface area (Å²) in [5, 5.41) is 0. The lowest BCUT2D eigenvalue weighted by molar-refractivity contribution is 0.0860. The molecule has 30 heavy (non-hydrogen) atoms. The molecule has 1 heterocycles. The van der Waals surface area contributed by atoms with Crippen LogP contribution in [-0.2, 0) is 20.2 Å². The highest BCUT2D eigenvalue weighted by atomic mass is 127. The molecule has 1 aliphatic heterocycles. The van der Waals surface area contributed by atoms with Crippen LogP contribution in [0.5, 0.6) is 5.75 Å². The summed E-state index contributed by atoms with van der Waals surface area (Å²) in [6, 6.07) is 25.7. The number of hydrogen-bond donors (Lipinski definition) is 0. The summed E-state index contributed by atoms with van der Waals surface area (Å²) in [7, 11) is -2.20. The van der Waals surface area contributed by atoms with Crippen LogP contribution in [0.2, 0.25) is 0 Å². The van der Waals surface area contributed by atoms with Gasteiger partial charge in [0.2, 0.25) is 9.84 Å². The van der Waals surface area contributed by atoms with E-state index in [0.29, 0.717) is 20.8 Å². The van der Waals surface area contributed by atoms with Gasteiger partial charge in [-0.3, -0.25) is 0 Å². The van der Waals surface area contributed by atoms with Crippen LogP contribution in [0, 0.1) is 0 Å². The third-order valence-electron chi connectivity index (χ3n) is 5.24. The van der Waals surface area contributed by atoms with E-state index in [2.05, 4.69) is 22.6 Å². The topological polar surface area (TPSA) is 52.6 Å². The predicted molar refractivity (Wildman–Crippen MR) is 126 cm³/mol. The van der Waals surface area contributed by atoms with Gasteiger partial charge in [-0.1, -0.05) is 83.3 Å². The molecule has 3 aromatic carbocycles. The zero-order valence-electron chi connectivity index (χ0n) is 16.4. The highest BCUT2D eigenvalue weighted by Crippen LogP contribution is 2.49. The van der Waals surface area contributed by atoms with Gasteiger partial charge in [-0.15, -0.1) is 0 Å². The molecular formula is C24H21IO4S. The molecule has 4 rings (SSSR count). The third kappa shape index (κ3) is 3.74. The van der Waals surface area contributed by atoms with Crippen molar-refractivity contribution < 1.29 is 17.9 Å². The monoisotopic (exact) mass is 532 g/mol. The Morgan fingerprint density at radius 2 is 1.53 bits per heavy atom. The van der Waals surface area contributed by atoms with Gasteiger partial charge in [-0.05, 0) is 29.8 Å². The molecule has 0 bridgehead atoms. The molecule has 0 saturated heterocycles. The number of ether oxygens (including phenoxy) is 2. The number of hydrogen-bond acceptors (Lipinski definition) is 4. The first kappa shape index (κ1) is 20.9. The van der Waals surface area contributed by atoms with Crippen LogP contribution < -0.4 is 4.74 Å². The van der Waals surface area contributed by atoms with E-state index >= 15 is 0 Å². The highest BCUT2D eigenvalue weighted by Gasteiger charge is 2.46. The molecule has 4 nitrogen and oxygen atoms in total. The summed E-state index contributed by atoms with van der Waals surface area (Å²) in [6.45, 7) is 0. The largest absolute Gasteiger partial charge is 0.497 e. The van der Waals surface area contributed by atoms with Crippen molar-refractivity contribution in [3.8, 4) is 5.75 Å². The second kappa shape index (κ2) is 8.43. The van der Waals surface area contributed by atoms with E-state index in [1.54, 1.807) is 31.4 Å². The average molecular weight is 532 g/mol. The molecule has 1 aliphatic rings. The predicted octanol–water partition coefficient (Wildman–Crippen LogP) is 5.59. The molecule has 0 radical (unpaired) electrons. The fraction of sp³-hybridized carbons (Fsp3) is 0.167. The molecule has 3 aromatic rings. The number of methoxy groups -OCH3 is 1. The lowest BCUT2D eigenvalue weighted by Crippen LogP contribution is -2.28. The van der Waals surface area contributed by atoms with Gasteiger partial charge >= 0.3 is 0 Å². The first-order valence-corrected chi connectivity index (χ1v) is 12.5. The van der Waals surface area contributed by atoms with Crippen molar-refractivity contribution >= 4 is 38.2 Å². The normalized spacial score (nSPS) is 18.9. The Morgan fingerprint density at radius 3 is 2.10 bits per heavy atom. The minimum atomic E-state index is -3.75. The number of alkyl halides is 1. The summed E-state index contributed by atoms with van der Waals surface area (Å²) in [4.78, 5) is 0.534. The van der Waals surface area contributed by atoms with Gasteiger partial charge in [0.1, 0.15) is 17.1 Å². The van der Waals surface area contributed by atoms with Crippen LogP contribution in [0.15, 0.2) is 94.7 Å². The average Bonchev–Trinajstić information content (AvgIpc) is 3.23. The van der Waals surface area contributed by atoms with Crippen molar-refractivity contribution in [3.05, 3.63) is 101 Å². The first-order chi connectivity index (χ1) is 14.5. The van der Waals surface area contributed by atoms with Crippen molar-refractivity contribution in [3.63, 3.8) is 0 Å². The fourth-order valence-electron chi connectivity index (χ4n) is 3.61. The molecule has 0 aliphatic carbocycles. The zero-order chi connectivity index (χ0) is 21.2. The van der Waals surface area contributed by atoms with E-state index in [1.165, 1.54) is 0 Å². The third-order valence-corrected chi connectivity index (χ3v) is 8.35. The Hall–Kier alpha value is -2.32. The van der Waals surface area contributed by atoms with E-state index in [-0.39, 0.29) is 11.3 Å². The Balaban J connectivity index is 1.86. The molecule has 0 fully saturated rings. The minimum absolute atomic E-state index is 0.229. The van der Waals surface area contributed by atoms with Crippen LogP contribution in [-0.4, -0.2) is 20.0 Å². The van der Waals surface area contributed by atoms with Crippen molar-refractivity contribution in [2.75, 3.05) is 11.5 Å². The second-order valence-electron chi connectivity index (χ2n) is 7.07. The molecule has 0 saturated carbocycles. The smallest absolute Gasteiger partial charge is 0.206 e. The van der Waals surface area contributed by atoms with Crippen LogP contribution in [0.1, 0.15) is 17.5 Å². The number of halogens is 1. The van der Waals surface area contributed by atoms with Crippen molar-refractivity contribution in [2.45, 2.75) is 16.9 Å². The Bertz CT molecular complexity index is 1160. The maximum absolute atomic E-state index is 13.7. The lowest BCUT2D eigenvalue weighted by atomic mass is 9.93. The van der Waals surface area contributed by atoms with Crippen LogP contribution in [0.3, 0.4) is 0 Å². The Labute approximate surface area is 190 Å². The molecular weight excluding hydrogens is 511 g/mol. The molecule has 0 amide bonds. The molecule has 154 valence electrons. The Kier molecular flexibility index (Phi) is 5.88. The number of rotatable bonds is 6. The standard InChI is InChI=1S/C24H21IO4S/c1-28-20-12-14-21(15-13-20)30(26,27)22-16-24(17-25,19-10-6-3-7-11-19)29-23(22)18-8-4-2-5-9-18/h2-15H,16-17H2,1H3. The molecule has 0 aromatic heterocycles. The van der Waals surface area contributed by atoms with Crippen LogP contribution >= 0.6 is 22.6 Å². The van der Waals surface area contributed by atoms with Gasteiger partial charge in [0, 0.05) is 16.4 Å². The number of benzene rings is 3. The Morgan fingerprint density at radius 1 is 0.933 bits per heavy atom. The fourth-order valence-corrected chi connectivity index (χ4v) is 6.08. The summed E-state index contributed by atoms with van der Waals surface area (Å²) >= 11 is 2.27. The van der Waals surface area contributed by atoms with E-state index < -0.39 is 15.4 Å². The van der Waals surface area contributed by atoms with Gasteiger partial charge < -0.3 is 9.47 Å². The van der Waals surface area contributed by atoms with Crippen molar-refractivity contribution in [2.24, 2.45) is 0 Å². The van der Waals surface area contributed by atoms with E-state index in [4.69, 9.17) is 9.47 Å². The van der Waals surface area contributed by atoms with Crippen LogP contribution in [0.25, 0.3) is 5.76 Å². The van der Waals surface area contributed by atoms with Crippen molar-refractivity contribution in [1.29, 1.82) is 0 Å². The van der Waals surface area contributed by atoms with E-state index in [1.807, 2.05) is 60.7 Å². The molecule has 6 heteroatoms. The summed E-state index contributed by atoms with van der Waals surface area (Å²) in [6.07, 6.45) is 0.276. The first-order valence-electron chi connectivity index (χ1n) is 9.48. The molecule has 1 unspecified atom stereocenters. The molecule has 0 N–H and O–H groups in total. The van der Waals surface area contributed by atoms with Gasteiger partial charge in [0.15, 0.2) is 0 Å². The summed E-state index contributed by atoms with van der Waals surface area (Å²) in [5.41, 5.74) is 0.988. The van der Waals surface area contributed by atoms with Gasteiger partial charge in [0.05, 0.1) is 16.9 Å². The second-order valence-corrected chi connectivity index (χ2v) is 9.80. The van der Waals surface area contributed by atoms with Crippen molar-refractivity contribution in [1.82, 2.24) is 0 Å². The minimum Gasteiger partial charge on any atom is -0.497 e. The van der Waals surface area contributed by atoms with E-state index in [9.17, 15) is 8.42 Å². The summed E-state index contributed by atoms with van der Waals surface area (Å²) < 4.78 is 39.6. The van der Waals surface area contributed by atoms with Gasteiger partial charge in [-0.25, -0.2) is 8.42 Å². The van der Waals surface area contributed by atoms with Gasteiger partial charge in [0.25, 0.3) is 0 Å². The SMILES string of the molecule is COc1ccc(S(=O)(=O)C2=C(c3ccccc3)OC(CI)(c3ccccc3)C2)cc1. The molecule has 0 spiro atoms. The van der Waals surface area contributed by atoms with Gasteiger partial charge in [-0.2, -0.15) is 0 Å². The zero-order valence-corrected chi connectivity index (χ0v) is 19.4. The quantitative estimate of drug-likeness (QED) is 0.307. The van der Waals surface area contributed by atoms with E-state index in [0.717, 1.165) is 11.1 Å². The van der Waals surface area contributed by atoms with Crippen LogP contribution in [0.4, 0.5) is 0 Å². The summed E-state index contributed by atoms with van der Waals surface area (Å²) in [5.74, 6) is 1.03. The number of sulfone groups is 1. The maximum Gasteiger partial charge on any atom is 0.206 e. The lowest BCUT2D eigenvalue weighted by Gasteiger charge is -2.28. The maximum atomic E-state index is 13.7. The molecule has 1 atom stereocenters. The highest BCUT2D eigenvalue weighted by molar-refractivity contribution is 14.1.